The molecule has 0 fully saturated rings. The van der Waals surface area contributed by atoms with Crippen molar-refractivity contribution in [2.45, 2.75) is 32.4 Å². The Morgan fingerprint density at radius 1 is 1.42 bits per heavy atom. The van der Waals surface area contributed by atoms with Gasteiger partial charge in [0.1, 0.15) is 5.25 Å². The summed E-state index contributed by atoms with van der Waals surface area (Å²) >= 11 is 0. The van der Waals surface area contributed by atoms with Gasteiger partial charge < -0.3 is 11.1 Å². The van der Waals surface area contributed by atoms with Crippen LogP contribution >= 0.6 is 0 Å². The van der Waals surface area contributed by atoms with Crippen molar-refractivity contribution in [1.29, 1.82) is 0 Å². The third kappa shape index (κ3) is 3.70. The molecule has 3 N–H and O–H groups in total. The maximum absolute atomic E-state index is 12.0. The Hall–Kier alpha value is -1.56. The van der Waals surface area contributed by atoms with Gasteiger partial charge in [0.25, 0.3) is 0 Å². The first-order valence-corrected chi connectivity index (χ1v) is 7.88. The molecule has 1 amide bonds. The highest BCUT2D eigenvalue weighted by Crippen LogP contribution is 2.21. The van der Waals surface area contributed by atoms with E-state index in [2.05, 4.69) is 5.32 Å². The average Bonchev–Trinajstić information content (AvgIpc) is 2.33. The molecule has 106 valence electrons. The number of hydrogen-bond donors (Lipinski definition) is 2. The SMILES string of the molecule is CCCS(=O)(=O)C(C)C(=O)Nc1cccc(N)c1C. The van der Waals surface area contributed by atoms with E-state index >= 15 is 0 Å². The number of carbonyl (C=O) groups is 1. The molecule has 0 aliphatic rings. The quantitative estimate of drug-likeness (QED) is 0.806. The van der Waals surface area contributed by atoms with Crippen molar-refractivity contribution in [2.24, 2.45) is 0 Å². The molecule has 0 heterocycles. The van der Waals surface area contributed by atoms with E-state index in [9.17, 15) is 13.2 Å². The Bertz CT molecular complexity index is 567. The van der Waals surface area contributed by atoms with Gasteiger partial charge in [-0.15, -0.1) is 0 Å². The third-order valence-electron chi connectivity index (χ3n) is 3.03. The number of nitrogens with one attached hydrogen (secondary N) is 1. The smallest absolute Gasteiger partial charge is 0.242 e. The maximum atomic E-state index is 12.0. The fourth-order valence-corrected chi connectivity index (χ4v) is 2.96. The van der Waals surface area contributed by atoms with Crippen LogP contribution in [0.5, 0.6) is 0 Å². The first-order valence-electron chi connectivity index (χ1n) is 6.17. The fourth-order valence-electron chi connectivity index (χ4n) is 1.65. The zero-order valence-corrected chi connectivity index (χ0v) is 12.3. The van der Waals surface area contributed by atoms with Gasteiger partial charge >= 0.3 is 0 Å². The maximum Gasteiger partial charge on any atom is 0.242 e. The van der Waals surface area contributed by atoms with Crippen molar-refractivity contribution in [3.05, 3.63) is 23.8 Å². The van der Waals surface area contributed by atoms with Gasteiger partial charge in [0.05, 0.1) is 5.75 Å². The fraction of sp³-hybridized carbons (Fsp3) is 0.462. The van der Waals surface area contributed by atoms with E-state index < -0.39 is 21.0 Å². The lowest BCUT2D eigenvalue weighted by molar-refractivity contribution is -0.115. The summed E-state index contributed by atoms with van der Waals surface area (Å²) in [7, 11) is -3.40. The normalized spacial score (nSPS) is 13.0. The second kappa shape index (κ2) is 6.06. The van der Waals surface area contributed by atoms with E-state index in [0.29, 0.717) is 17.8 Å². The zero-order chi connectivity index (χ0) is 14.6. The zero-order valence-electron chi connectivity index (χ0n) is 11.4. The number of benzene rings is 1. The third-order valence-corrected chi connectivity index (χ3v) is 5.30. The van der Waals surface area contributed by atoms with Crippen LogP contribution in [0.2, 0.25) is 0 Å². The van der Waals surface area contributed by atoms with Gasteiger partial charge in [0, 0.05) is 11.4 Å². The minimum atomic E-state index is -3.40. The molecule has 1 aromatic rings. The topological polar surface area (TPSA) is 89.3 Å². The number of hydrogen-bond acceptors (Lipinski definition) is 4. The van der Waals surface area contributed by atoms with Gasteiger partial charge in [-0.05, 0) is 38.0 Å². The molecule has 0 aromatic heterocycles. The summed E-state index contributed by atoms with van der Waals surface area (Å²) < 4.78 is 23.7. The second-order valence-corrected chi connectivity index (χ2v) is 6.96. The van der Waals surface area contributed by atoms with E-state index in [1.54, 1.807) is 32.0 Å². The first-order chi connectivity index (χ1) is 8.79. The second-order valence-electron chi connectivity index (χ2n) is 4.52. The summed E-state index contributed by atoms with van der Waals surface area (Å²) in [6.07, 6.45) is 0.497. The molecule has 1 aromatic carbocycles. The average molecular weight is 284 g/mol. The molecule has 0 spiro atoms. The summed E-state index contributed by atoms with van der Waals surface area (Å²) in [6, 6.07) is 5.13. The van der Waals surface area contributed by atoms with Gasteiger partial charge in [-0.2, -0.15) is 0 Å². The minimum absolute atomic E-state index is 0.0114. The number of amides is 1. The van der Waals surface area contributed by atoms with Crippen molar-refractivity contribution in [1.82, 2.24) is 0 Å². The Morgan fingerprint density at radius 3 is 2.63 bits per heavy atom. The molecule has 1 unspecified atom stereocenters. The molecular weight excluding hydrogens is 264 g/mol. The van der Waals surface area contributed by atoms with Crippen LogP contribution in [0.25, 0.3) is 0 Å². The molecule has 19 heavy (non-hydrogen) atoms. The van der Waals surface area contributed by atoms with Crippen molar-refractivity contribution < 1.29 is 13.2 Å². The van der Waals surface area contributed by atoms with E-state index in [-0.39, 0.29) is 5.75 Å². The number of rotatable bonds is 5. The van der Waals surface area contributed by atoms with Crippen LogP contribution in [-0.2, 0) is 14.6 Å². The summed E-state index contributed by atoms with van der Waals surface area (Å²) in [5, 5.41) is 1.56. The van der Waals surface area contributed by atoms with Crippen LogP contribution in [0, 0.1) is 6.92 Å². The molecule has 1 rings (SSSR count). The number of sulfone groups is 1. The van der Waals surface area contributed by atoms with Gasteiger partial charge in [-0.3, -0.25) is 4.79 Å². The van der Waals surface area contributed by atoms with Crippen LogP contribution < -0.4 is 11.1 Å². The molecule has 0 radical (unpaired) electrons. The van der Waals surface area contributed by atoms with Crippen LogP contribution in [0.3, 0.4) is 0 Å². The lowest BCUT2D eigenvalue weighted by atomic mass is 10.1. The molecule has 0 saturated carbocycles. The van der Waals surface area contributed by atoms with E-state index in [1.807, 2.05) is 0 Å². The largest absolute Gasteiger partial charge is 0.398 e. The molecular formula is C13H20N2O3S. The van der Waals surface area contributed by atoms with Gasteiger partial charge in [-0.25, -0.2) is 8.42 Å². The molecule has 0 saturated heterocycles. The van der Waals surface area contributed by atoms with Gasteiger partial charge in [-0.1, -0.05) is 13.0 Å². The van der Waals surface area contributed by atoms with E-state index in [4.69, 9.17) is 5.73 Å². The number of anilines is 2. The molecule has 5 nitrogen and oxygen atoms in total. The highest BCUT2D eigenvalue weighted by atomic mass is 32.2. The lowest BCUT2D eigenvalue weighted by Crippen LogP contribution is -2.34. The van der Waals surface area contributed by atoms with Crippen molar-refractivity contribution in [3.8, 4) is 0 Å². The first kappa shape index (κ1) is 15.5. The molecule has 6 heteroatoms. The predicted molar refractivity (Wildman–Crippen MR) is 77.8 cm³/mol. The summed E-state index contributed by atoms with van der Waals surface area (Å²) in [5.74, 6) is -0.514. The monoisotopic (exact) mass is 284 g/mol. The Kier molecular flexibility index (Phi) is 4.94. The Labute approximate surface area is 114 Å². The Balaban J connectivity index is 2.89. The summed E-state index contributed by atoms with van der Waals surface area (Å²) in [4.78, 5) is 12.0. The Morgan fingerprint density at radius 2 is 2.05 bits per heavy atom. The number of carbonyl (C=O) groups excluding carboxylic acids is 1. The van der Waals surface area contributed by atoms with E-state index in [1.165, 1.54) is 6.92 Å². The van der Waals surface area contributed by atoms with Crippen molar-refractivity contribution >= 4 is 27.1 Å². The molecule has 0 aliphatic heterocycles. The number of nitrogen functional groups attached to an aromatic ring is 1. The highest BCUT2D eigenvalue weighted by Gasteiger charge is 2.27. The minimum Gasteiger partial charge on any atom is -0.398 e. The molecule has 1 atom stereocenters. The van der Waals surface area contributed by atoms with Crippen LogP contribution in [0.4, 0.5) is 11.4 Å². The molecule has 0 aliphatic carbocycles. The predicted octanol–water partition coefficient (Wildman–Crippen LogP) is 1.73. The number of nitrogens with two attached hydrogens (primary N) is 1. The van der Waals surface area contributed by atoms with Crippen LogP contribution in [0.15, 0.2) is 18.2 Å². The van der Waals surface area contributed by atoms with Crippen LogP contribution in [0.1, 0.15) is 25.8 Å². The summed E-state index contributed by atoms with van der Waals surface area (Å²) in [6.45, 7) is 4.95. The van der Waals surface area contributed by atoms with Gasteiger partial charge in [0.2, 0.25) is 5.91 Å². The van der Waals surface area contributed by atoms with Crippen molar-refractivity contribution in [3.63, 3.8) is 0 Å². The summed E-state index contributed by atoms with van der Waals surface area (Å²) in [5.41, 5.74) is 7.57. The standard InChI is InChI=1S/C13H20N2O3S/c1-4-8-19(17,18)10(3)13(16)15-12-7-5-6-11(14)9(12)2/h5-7,10H,4,8,14H2,1-3H3,(H,15,16). The lowest BCUT2D eigenvalue weighted by Gasteiger charge is -2.14. The highest BCUT2D eigenvalue weighted by molar-refractivity contribution is 7.92. The molecule has 0 bridgehead atoms. The van der Waals surface area contributed by atoms with E-state index in [0.717, 1.165) is 5.56 Å². The van der Waals surface area contributed by atoms with Crippen LogP contribution in [-0.4, -0.2) is 25.3 Å². The van der Waals surface area contributed by atoms with Crippen molar-refractivity contribution in [2.75, 3.05) is 16.8 Å². The van der Waals surface area contributed by atoms with Gasteiger partial charge in [0.15, 0.2) is 9.84 Å².